The molecule has 2 saturated heterocycles. The van der Waals surface area contributed by atoms with Crippen molar-refractivity contribution in [2.45, 2.75) is 19.4 Å². The summed E-state index contributed by atoms with van der Waals surface area (Å²) in [7, 11) is 0. The minimum Gasteiger partial charge on any atom is -0.337 e. The second kappa shape index (κ2) is 6.32. The summed E-state index contributed by atoms with van der Waals surface area (Å²) < 4.78 is 0. The molecule has 0 atom stereocenters. The first-order valence-electron chi connectivity index (χ1n) is 8.55. The number of piperidine rings is 1. The van der Waals surface area contributed by atoms with E-state index in [9.17, 15) is 4.79 Å². The molecule has 124 valence electrons. The average Bonchev–Trinajstić information content (AvgIpc) is 2.62. The molecule has 5 heteroatoms. The van der Waals surface area contributed by atoms with Crippen molar-refractivity contribution in [1.82, 2.24) is 19.8 Å². The van der Waals surface area contributed by atoms with Crippen molar-refractivity contribution in [3.63, 3.8) is 0 Å². The van der Waals surface area contributed by atoms with Crippen molar-refractivity contribution in [1.29, 1.82) is 0 Å². The number of pyridine rings is 2. The maximum atomic E-state index is 12.4. The molecule has 2 aliphatic rings. The van der Waals surface area contributed by atoms with Gasteiger partial charge in [0.1, 0.15) is 0 Å². The van der Waals surface area contributed by atoms with Crippen LogP contribution in [0, 0.1) is 5.41 Å². The summed E-state index contributed by atoms with van der Waals surface area (Å²) in [5.74, 6) is 0.141. The van der Waals surface area contributed by atoms with E-state index in [4.69, 9.17) is 0 Å². The Kier molecular flexibility index (Phi) is 4.02. The number of hydrogen-bond donors (Lipinski definition) is 0. The Morgan fingerprint density at radius 1 is 0.958 bits per heavy atom. The normalized spacial score (nSPS) is 19.9. The highest BCUT2D eigenvalue weighted by Crippen LogP contribution is 2.41. The highest BCUT2D eigenvalue weighted by molar-refractivity contribution is 5.94. The monoisotopic (exact) mass is 322 g/mol. The van der Waals surface area contributed by atoms with Crippen molar-refractivity contribution < 1.29 is 4.79 Å². The zero-order chi connectivity index (χ0) is 16.4. The molecule has 0 radical (unpaired) electrons. The fraction of sp³-hybridized carbons (Fsp3) is 0.421. The number of carbonyl (C=O) groups excluding carboxylic acids is 1. The molecule has 0 unspecified atom stereocenters. The van der Waals surface area contributed by atoms with Gasteiger partial charge in [-0.15, -0.1) is 0 Å². The smallest absolute Gasteiger partial charge is 0.254 e. The highest BCUT2D eigenvalue weighted by Gasteiger charge is 2.46. The van der Waals surface area contributed by atoms with Crippen molar-refractivity contribution in [2.24, 2.45) is 5.41 Å². The van der Waals surface area contributed by atoms with Gasteiger partial charge in [-0.25, -0.2) is 0 Å². The molecule has 2 aliphatic heterocycles. The third-order valence-corrected chi connectivity index (χ3v) is 5.34. The Balaban J connectivity index is 1.29. The molecule has 2 aromatic rings. The zero-order valence-corrected chi connectivity index (χ0v) is 13.8. The van der Waals surface area contributed by atoms with Crippen LogP contribution in [-0.2, 0) is 6.54 Å². The van der Waals surface area contributed by atoms with Crippen molar-refractivity contribution >= 4 is 5.91 Å². The van der Waals surface area contributed by atoms with E-state index < -0.39 is 0 Å². The topological polar surface area (TPSA) is 49.3 Å². The molecule has 4 heterocycles. The third kappa shape index (κ3) is 3.04. The molecule has 0 aliphatic carbocycles. The molecule has 1 spiro atoms. The maximum Gasteiger partial charge on any atom is 0.254 e. The average molecular weight is 322 g/mol. The van der Waals surface area contributed by atoms with Crippen LogP contribution in [0.3, 0.4) is 0 Å². The Bertz CT molecular complexity index is 688. The van der Waals surface area contributed by atoms with Crippen LogP contribution in [0.1, 0.15) is 28.8 Å². The van der Waals surface area contributed by atoms with Gasteiger partial charge in [0.25, 0.3) is 5.91 Å². The van der Waals surface area contributed by atoms with Gasteiger partial charge in [0.15, 0.2) is 0 Å². The summed E-state index contributed by atoms with van der Waals surface area (Å²) in [5.41, 5.74) is 2.41. The van der Waals surface area contributed by atoms with Crippen LogP contribution in [-0.4, -0.2) is 51.9 Å². The molecule has 0 aromatic carbocycles. The van der Waals surface area contributed by atoms with E-state index in [1.165, 1.54) is 18.4 Å². The van der Waals surface area contributed by atoms with Gasteiger partial charge in [-0.1, -0.05) is 0 Å². The van der Waals surface area contributed by atoms with Gasteiger partial charge in [0.05, 0.1) is 0 Å². The molecule has 0 bridgehead atoms. The quantitative estimate of drug-likeness (QED) is 0.869. The van der Waals surface area contributed by atoms with Crippen molar-refractivity contribution in [3.05, 3.63) is 60.2 Å². The summed E-state index contributed by atoms with van der Waals surface area (Å²) in [6, 6.07) is 7.76. The fourth-order valence-electron chi connectivity index (χ4n) is 3.83. The van der Waals surface area contributed by atoms with E-state index in [2.05, 4.69) is 27.0 Å². The van der Waals surface area contributed by atoms with Crippen LogP contribution in [0.25, 0.3) is 0 Å². The van der Waals surface area contributed by atoms with Crippen LogP contribution >= 0.6 is 0 Å². The lowest BCUT2D eigenvalue weighted by atomic mass is 9.71. The van der Waals surface area contributed by atoms with Crippen LogP contribution in [0.15, 0.2) is 49.1 Å². The molecule has 24 heavy (non-hydrogen) atoms. The van der Waals surface area contributed by atoms with Gasteiger partial charge in [-0.3, -0.25) is 19.7 Å². The van der Waals surface area contributed by atoms with Gasteiger partial charge in [-0.2, -0.15) is 0 Å². The number of likely N-dealkylation sites (tertiary alicyclic amines) is 2. The van der Waals surface area contributed by atoms with E-state index in [0.29, 0.717) is 5.41 Å². The predicted molar refractivity (Wildman–Crippen MR) is 91.3 cm³/mol. The Hall–Kier alpha value is -2.27. The highest BCUT2D eigenvalue weighted by atomic mass is 16.2. The first-order valence-corrected chi connectivity index (χ1v) is 8.55. The lowest BCUT2D eigenvalue weighted by Crippen LogP contribution is -2.61. The summed E-state index contributed by atoms with van der Waals surface area (Å²) in [6.45, 7) is 5.02. The van der Waals surface area contributed by atoms with Crippen LogP contribution in [0.5, 0.6) is 0 Å². The maximum absolute atomic E-state index is 12.4. The molecule has 4 rings (SSSR count). The Labute approximate surface area is 142 Å². The summed E-state index contributed by atoms with van der Waals surface area (Å²) in [6.07, 6.45) is 9.43. The second-order valence-corrected chi connectivity index (χ2v) is 7.03. The molecule has 5 nitrogen and oxygen atoms in total. The number of rotatable bonds is 3. The van der Waals surface area contributed by atoms with Gasteiger partial charge in [-0.05, 0) is 55.8 Å². The second-order valence-electron chi connectivity index (χ2n) is 7.03. The van der Waals surface area contributed by atoms with Crippen LogP contribution in [0.4, 0.5) is 0 Å². The van der Waals surface area contributed by atoms with Crippen LogP contribution in [0.2, 0.25) is 0 Å². The zero-order valence-electron chi connectivity index (χ0n) is 13.8. The van der Waals surface area contributed by atoms with Gasteiger partial charge in [0.2, 0.25) is 0 Å². The van der Waals surface area contributed by atoms with Gasteiger partial charge < -0.3 is 4.90 Å². The first kappa shape index (κ1) is 15.3. The minimum absolute atomic E-state index is 0.141. The van der Waals surface area contributed by atoms with E-state index >= 15 is 0 Å². The molecule has 2 aromatic heterocycles. The number of nitrogens with zero attached hydrogens (tertiary/aromatic N) is 4. The summed E-state index contributed by atoms with van der Waals surface area (Å²) in [4.78, 5) is 25.0. The van der Waals surface area contributed by atoms with E-state index in [-0.39, 0.29) is 5.91 Å². The largest absolute Gasteiger partial charge is 0.337 e. The molecule has 2 fully saturated rings. The number of hydrogen-bond acceptors (Lipinski definition) is 4. The Morgan fingerprint density at radius 3 is 2.17 bits per heavy atom. The molecular formula is C19H22N4O. The molecule has 1 amide bonds. The fourth-order valence-corrected chi connectivity index (χ4v) is 3.83. The number of aromatic nitrogens is 2. The molecular weight excluding hydrogens is 300 g/mol. The number of carbonyl (C=O) groups is 1. The predicted octanol–water partition coefficient (Wildman–Crippen LogP) is 2.21. The van der Waals surface area contributed by atoms with E-state index in [1.54, 1.807) is 24.5 Å². The minimum atomic E-state index is 0.141. The van der Waals surface area contributed by atoms with Crippen molar-refractivity contribution in [3.8, 4) is 0 Å². The number of amides is 1. The van der Waals surface area contributed by atoms with Crippen molar-refractivity contribution in [2.75, 3.05) is 26.2 Å². The summed E-state index contributed by atoms with van der Waals surface area (Å²) in [5, 5.41) is 0. The van der Waals surface area contributed by atoms with Gasteiger partial charge in [0, 0.05) is 55.4 Å². The Morgan fingerprint density at radius 2 is 1.54 bits per heavy atom. The van der Waals surface area contributed by atoms with Crippen LogP contribution < -0.4 is 0 Å². The first-order chi connectivity index (χ1) is 11.7. The van der Waals surface area contributed by atoms with Gasteiger partial charge >= 0.3 is 0 Å². The van der Waals surface area contributed by atoms with E-state index in [1.807, 2.05) is 17.3 Å². The molecule has 0 N–H and O–H groups in total. The SMILES string of the molecule is O=C(c1ccncc1)N1CC2(CCN(Cc3ccncc3)CC2)C1. The molecule has 0 saturated carbocycles. The lowest BCUT2D eigenvalue weighted by molar-refractivity contribution is -0.0336. The third-order valence-electron chi connectivity index (χ3n) is 5.34. The standard InChI is InChI=1S/C19H22N4O/c24-18(17-3-9-21-10-4-17)23-14-19(15-23)5-11-22(12-6-19)13-16-1-7-20-8-2-16/h1-4,7-10H,5-6,11-15H2. The lowest BCUT2D eigenvalue weighted by Gasteiger charge is -2.54. The summed E-state index contributed by atoms with van der Waals surface area (Å²) >= 11 is 0. The van der Waals surface area contributed by atoms with E-state index in [0.717, 1.165) is 38.3 Å².